The number of halogens is 1. The summed E-state index contributed by atoms with van der Waals surface area (Å²) in [6.07, 6.45) is 0. The number of aliphatic hydroxyl groups excluding tert-OH is 1. The maximum atomic E-state index is 9.54. The van der Waals surface area contributed by atoms with E-state index in [1.54, 1.807) is 22.9 Å². The Bertz CT molecular complexity index is 833. The first kappa shape index (κ1) is 16.4. The number of aromatic nitrogens is 2. The van der Waals surface area contributed by atoms with E-state index in [1.807, 2.05) is 36.4 Å². The predicted octanol–water partition coefficient (Wildman–Crippen LogP) is 3.51. The zero-order valence-corrected chi connectivity index (χ0v) is 13.7. The summed E-state index contributed by atoms with van der Waals surface area (Å²) in [6.45, 7) is 0.931. The number of rotatable bonds is 6. The number of anilines is 1. The number of phenols is 1. The molecular weight excluding hydrogens is 326 g/mol. The second-order valence-electron chi connectivity index (χ2n) is 5.40. The molecule has 0 saturated carbocycles. The molecule has 2 aromatic carbocycles. The van der Waals surface area contributed by atoms with Gasteiger partial charge in [0.2, 0.25) is 0 Å². The first-order valence-electron chi connectivity index (χ1n) is 7.62. The van der Waals surface area contributed by atoms with E-state index in [1.165, 1.54) is 0 Å². The Balaban J connectivity index is 1.83. The number of phenolic OH excluding ortho intramolecular Hbond substituents is 1. The topological polar surface area (TPSA) is 70.3 Å². The summed E-state index contributed by atoms with van der Waals surface area (Å²) >= 11 is 6.04. The quantitative estimate of drug-likeness (QED) is 0.640. The highest BCUT2D eigenvalue weighted by Crippen LogP contribution is 2.25. The van der Waals surface area contributed by atoms with E-state index < -0.39 is 0 Å². The fraction of sp³-hybridized carbons (Fsp3) is 0.167. The molecule has 124 valence electrons. The van der Waals surface area contributed by atoms with Crippen molar-refractivity contribution in [3.05, 3.63) is 65.2 Å². The van der Waals surface area contributed by atoms with Gasteiger partial charge < -0.3 is 15.5 Å². The minimum absolute atomic E-state index is 0.00251. The van der Waals surface area contributed by atoms with Gasteiger partial charge in [0.15, 0.2) is 0 Å². The van der Waals surface area contributed by atoms with Crippen LogP contribution in [0.15, 0.2) is 54.6 Å². The monoisotopic (exact) mass is 343 g/mol. The number of benzene rings is 2. The van der Waals surface area contributed by atoms with Crippen molar-refractivity contribution in [2.45, 2.75) is 13.1 Å². The van der Waals surface area contributed by atoms with Gasteiger partial charge in [-0.3, -0.25) is 0 Å². The highest BCUT2D eigenvalue weighted by atomic mass is 35.5. The van der Waals surface area contributed by atoms with Crippen LogP contribution in [-0.4, -0.2) is 26.6 Å². The first-order chi connectivity index (χ1) is 11.7. The Morgan fingerprint density at radius 3 is 2.67 bits per heavy atom. The number of aliphatic hydroxyl groups is 1. The predicted molar refractivity (Wildman–Crippen MR) is 95.2 cm³/mol. The van der Waals surface area contributed by atoms with Crippen molar-refractivity contribution >= 4 is 17.4 Å². The maximum absolute atomic E-state index is 9.54. The van der Waals surface area contributed by atoms with Gasteiger partial charge in [-0.15, -0.1) is 0 Å². The van der Waals surface area contributed by atoms with Crippen LogP contribution in [0.25, 0.3) is 11.3 Å². The third-order valence-electron chi connectivity index (χ3n) is 3.60. The second-order valence-corrected chi connectivity index (χ2v) is 5.83. The van der Waals surface area contributed by atoms with E-state index in [-0.39, 0.29) is 12.4 Å². The van der Waals surface area contributed by atoms with Gasteiger partial charge in [-0.25, -0.2) is 4.68 Å². The summed E-state index contributed by atoms with van der Waals surface area (Å²) in [5.41, 5.74) is 2.65. The van der Waals surface area contributed by atoms with Gasteiger partial charge in [-0.2, -0.15) is 5.10 Å². The van der Waals surface area contributed by atoms with Gasteiger partial charge in [0.1, 0.15) is 11.6 Å². The molecule has 3 rings (SSSR count). The van der Waals surface area contributed by atoms with Crippen LogP contribution in [0, 0.1) is 0 Å². The molecule has 0 saturated heterocycles. The molecule has 0 aliphatic heterocycles. The third-order valence-corrected chi connectivity index (χ3v) is 3.83. The van der Waals surface area contributed by atoms with Crippen LogP contribution in [0.2, 0.25) is 5.02 Å². The lowest BCUT2D eigenvalue weighted by atomic mass is 10.1. The van der Waals surface area contributed by atoms with Gasteiger partial charge in [-0.1, -0.05) is 35.9 Å². The summed E-state index contributed by atoms with van der Waals surface area (Å²) < 4.78 is 1.72. The average Bonchev–Trinajstić information content (AvgIpc) is 2.97. The van der Waals surface area contributed by atoms with E-state index in [0.29, 0.717) is 18.1 Å². The number of nitrogens with zero attached hydrogens (tertiary/aromatic N) is 2. The van der Waals surface area contributed by atoms with Crippen molar-refractivity contribution in [1.29, 1.82) is 0 Å². The number of hydrogen-bond donors (Lipinski definition) is 3. The molecule has 5 nitrogen and oxygen atoms in total. The molecule has 6 heteroatoms. The van der Waals surface area contributed by atoms with Crippen LogP contribution >= 0.6 is 11.6 Å². The zero-order valence-electron chi connectivity index (χ0n) is 13.0. The Morgan fingerprint density at radius 2 is 1.92 bits per heavy atom. The van der Waals surface area contributed by atoms with Crippen molar-refractivity contribution in [2.75, 3.05) is 11.9 Å². The Morgan fingerprint density at radius 1 is 1.08 bits per heavy atom. The van der Waals surface area contributed by atoms with Crippen molar-refractivity contribution in [3.63, 3.8) is 0 Å². The normalized spacial score (nSPS) is 10.8. The summed E-state index contributed by atoms with van der Waals surface area (Å²) in [4.78, 5) is 0. The number of aromatic hydroxyl groups is 1. The van der Waals surface area contributed by atoms with Gasteiger partial charge in [0, 0.05) is 23.2 Å². The Kier molecular flexibility index (Phi) is 5.03. The van der Waals surface area contributed by atoms with Crippen LogP contribution in [0.5, 0.6) is 5.75 Å². The van der Waals surface area contributed by atoms with Crippen molar-refractivity contribution in [2.24, 2.45) is 0 Å². The first-order valence-corrected chi connectivity index (χ1v) is 8.00. The third kappa shape index (κ3) is 3.88. The van der Waals surface area contributed by atoms with E-state index >= 15 is 0 Å². The van der Waals surface area contributed by atoms with Crippen LogP contribution in [-0.2, 0) is 13.1 Å². The molecule has 0 unspecified atom stereocenters. The molecule has 3 N–H and O–H groups in total. The van der Waals surface area contributed by atoms with E-state index in [4.69, 9.17) is 11.6 Å². The fourth-order valence-electron chi connectivity index (χ4n) is 2.47. The van der Waals surface area contributed by atoms with Crippen LogP contribution in [0.4, 0.5) is 5.82 Å². The Hall–Kier alpha value is -2.50. The summed E-state index contributed by atoms with van der Waals surface area (Å²) in [6, 6.07) is 16.5. The van der Waals surface area contributed by atoms with Gasteiger partial charge in [-0.05, 0) is 29.8 Å². The minimum Gasteiger partial charge on any atom is -0.508 e. The molecule has 0 amide bonds. The van der Waals surface area contributed by atoms with E-state index in [2.05, 4.69) is 10.4 Å². The van der Waals surface area contributed by atoms with Gasteiger partial charge in [0.25, 0.3) is 0 Å². The van der Waals surface area contributed by atoms with Gasteiger partial charge in [0.05, 0.1) is 18.8 Å². The highest BCUT2D eigenvalue weighted by Gasteiger charge is 2.10. The SMILES string of the molecule is OCCn1nc(-c2cccc(Cl)c2)cc1NCc1cccc(O)c1. The number of nitrogens with one attached hydrogen (secondary N) is 1. The second kappa shape index (κ2) is 7.38. The lowest BCUT2D eigenvalue weighted by Gasteiger charge is -2.08. The lowest BCUT2D eigenvalue weighted by molar-refractivity contribution is 0.270. The molecule has 0 aliphatic carbocycles. The molecule has 0 fully saturated rings. The van der Waals surface area contributed by atoms with Crippen LogP contribution in [0.3, 0.4) is 0 Å². The summed E-state index contributed by atoms with van der Waals surface area (Å²) in [5, 5.41) is 27.3. The van der Waals surface area contributed by atoms with Crippen molar-refractivity contribution in [1.82, 2.24) is 9.78 Å². The number of hydrogen-bond acceptors (Lipinski definition) is 4. The molecule has 0 atom stereocenters. The molecule has 0 spiro atoms. The molecule has 0 aliphatic rings. The largest absolute Gasteiger partial charge is 0.508 e. The van der Waals surface area contributed by atoms with E-state index in [9.17, 15) is 10.2 Å². The molecule has 3 aromatic rings. The molecule has 1 aromatic heterocycles. The fourth-order valence-corrected chi connectivity index (χ4v) is 2.66. The van der Waals surface area contributed by atoms with Crippen LogP contribution < -0.4 is 5.32 Å². The molecule has 0 bridgehead atoms. The van der Waals surface area contributed by atoms with Gasteiger partial charge >= 0.3 is 0 Å². The summed E-state index contributed by atoms with van der Waals surface area (Å²) in [7, 11) is 0. The molecule has 24 heavy (non-hydrogen) atoms. The smallest absolute Gasteiger partial charge is 0.125 e. The zero-order chi connectivity index (χ0) is 16.9. The van der Waals surface area contributed by atoms with Crippen LogP contribution in [0.1, 0.15) is 5.56 Å². The Labute approximate surface area is 145 Å². The minimum atomic E-state index is -0.00251. The summed E-state index contributed by atoms with van der Waals surface area (Å²) in [5.74, 6) is 1.03. The molecule has 0 radical (unpaired) electrons. The van der Waals surface area contributed by atoms with Crippen molar-refractivity contribution in [3.8, 4) is 17.0 Å². The maximum Gasteiger partial charge on any atom is 0.125 e. The standard InChI is InChI=1S/C18H18ClN3O2/c19-15-5-2-4-14(10-15)17-11-18(22(21-17)7-8-23)20-12-13-3-1-6-16(24)9-13/h1-6,9-11,20,23-24H,7-8,12H2. The highest BCUT2D eigenvalue weighted by molar-refractivity contribution is 6.30. The molecule has 1 heterocycles. The van der Waals surface area contributed by atoms with Crippen molar-refractivity contribution < 1.29 is 10.2 Å². The molecular formula is C18H18ClN3O2. The lowest BCUT2D eigenvalue weighted by Crippen LogP contribution is -2.10. The average molecular weight is 344 g/mol. The van der Waals surface area contributed by atoms with E-state index in [0.717, 1.165) is 22.6 Å².